The first kappa shape index (κ1) is 18.9. The molecule has 0 radical (unpaired) electrons. The zero-order valence-electron chi connectivity index (χ0n) is 14.8. The molecule has 2 aromatic rings. The van der Waals surface area contributed by atoms with E-state index in [0.717, 1.165) is 17.7 Å². The Hall–Kier alpha value is -2.44. The van der Waals surface area contributed by atoms with Crippen molar-refractivity contribution < 1.29 is 19.0 Å². The number of amides is 1. The van der Waals surface area contributed by atoms with Crippen LogP contribution in [0.15, 0.2) is 42.6 Å². The molecule has 6 heteroatoms. The molecule has 1 aromatic heterocycles. The third kappa shape index (κ3) is 5.85. The number of benzene rings is 1. The van der Waals surface area contributed by atoms with Crippen LogP contribution in [0.1, 0.15) is 28.5 Å². The van der Waals surface area contributed by atoms with Gasteiger partial charge in [0.05, 0.1) is 6.54 Å². The van der Waals surface area contributed by atoms with Crippen LogP contribution in [0.3, 0.4) is 0 Å². The molecule has 1 N–H and O–H groups in total. The maximum atomic E-state index is 12.0. The Labute approximate surface area is 148 Å². The second-order valence-corrected chi connectivity index (χ2v) is 5.45. The van der Waals surface area contributed by atoms with Crippen molar-refractivity contribution in [2.24, 2.45) is 0 Å². The summed E-state index contributed by atoms with van der Waals surface area (Å²) in [6.07, 6.45) is 2.13. The molecule has 0 saturated heterocycles. The highest BCUT2D eigenvalue weighted by Gasteiger charge is 2.11. The largest absolute Gasteiger partial charge is 0.489 e. The maximum absolute atomic E-state index is 12.0. The molecule has 0 atom stereocenters. The molecule has 2 rings (SSSR count). The van der Waals surface area contributed by atoms with E-state index in [4.69, 9.17) is 14.2 Å². The summed E-state index contributed by atoms with van der Waals surface area (Å²) in [5, 5.41) is 2.71. The number of rotatable bonds is 9. The van der Waals surface area contributed by atoms with E-state index >= 15 is 0 Å². The van der Waals surface area contributed by atoms with Crippen molar-refractivity contribution in [2.75, 3.05) is 20.8 Å². The first-order valence-corrected chi connectivity index (χ1v) is 8.16. The van der Waals surface area contributed by atoms with Gasteiger partial charge in [-0.1, -0.05) is 25.1 Å². The lowest BCUT2D eigenvalue weighted by Crippen LogP contribution is -2.34. The average Bonchev–Trinajstić information content (AvgIpc) is 2.67. The second kappa shape index (κ2) is 9.76. The van der Waals surface area contributed by atoms with Gasteiger partial charge < -0.3 is 19.5 Å². The Balaban J connectivity index is 1.87. The summed E-state index contributed by atoms with van der Waals surface area (Å²) in [5.41, 5.74) is 2.46. The summed E-state index contributed by atoms with van der Waals surface area (Å²) in [4.78, 5) is 16.2. The van der Waals surface area contributed by atoms with E-state index in [-0.39, 0.29) is 12.5 Å². The van der Waals surface area contributed by atoms with Crippen LogP contribution in [0, 0.1) is 0 Å². The molecule has 6 nitrogen and oxygen atoms in total. The fourth-order valence-electron chi connectivity index (χ4n) is 2.20. The summed E-state index contributed by atoms with van der Waals surface area (Å²) in [7, 11) is 3.03. The Bertz CT molecular complexity index is 669. The van der Waals surface area contributed by atoms with Crippen molar-refractivity contribution in [2.45, 2.75) is 26.2 Å². The predicted molar refractivity (Wildman–Crippen MR) is 94.5 cm³/mol. The van der Waals surface area contributed by atoms with Gasteiger partial charge in [0.2, 0.25) is 0 Å². The minimum Gasteiger partial charge on any atom is -0.489 e. The normalized spacial score (nSPS) is 10.7. The minimum absolute atomic E-state index is 0.256. The monoisotopic (exact) mass is 344 g/mol. The van der Waals surface area contributed by atoms with E-state index in [2.05, 4.69) is 23.3 Å². The SMILES string of the molecule is CCc1cccc(OCc2ccc(C(=O)NCC(OC)OC)nc2)c1. The maximum Gasteiger partial charge on any atom is 0.270 e. The number of carbonyl (C=O) groups excluding carboxylic acids is 1. The van der Waals surface area contributed by atoms with E-state index in [0.29, 0.717) is 12.3 Å². The first-order valence-electron chi connectivity index (χ1n) is 8.16. The van der Waals surface area contributed by atoms with Crippen LogP contribution >= 0.6 is 0 Å². The lowest BCUT2D eigenvalue weighted by atomic mass is 10.2. The fourth-order valence-corrected chi connectivity index (χ4v) is 2.20. The molecule has 25 heavy (non-hydrogen) atoms. The highest BCUT2D eigenvalue weighted by Crippen LogP contribution is 2.15. The van der Waals surface area contributed by atoms with Crippen LogP contribution in [-0.2, 0) is 22.5 Å². The van der Waals surface area contributed by atoms with Crippen LogP contribution < -0.4 is 10.1 Å². The zero-order valence-corrected chi connectivity index (χ0v) is 14.8. The molecule has 1 heterocycles. The summed E-state index contributed by atoms with van der Waals surface area (Å²) >= 11 is 0. The molecule has 0 saturated carbocycles. The highest BCUT2D eigenvalue weighted by atomic mass is 16.7. The molecule has 0 aliphatic heterocycles. The Morgan fingerprint density at radius 3 is 2.60 bits per heavy atom. The highest BCUT2D eigenvalue weighted by molar-refractivity contribution is 5.92. The van der Waals surface area contributed by atoms with Gasteiger partial charge in [-0.25, -0.2) is 0 Å². The topological polar surface area (TPSA) is 69.7 Å². The number of hydrogen-bond acceptors (Lipinski definition) is 5. The van der Waals surface area contributed by atoms with Gasteiger partial charge in [0.25, 0.3) is 5.91 Å². The number of methoxy groups -OCH3 is 2. The number of hydrogen-bond donors (Lipinski definition) is 1. The van der Waals surface area contributed by atoms with E-state index in [1.54, 1.807) is 12.3 Å². The third-order valence-electron chi connectivity index (χ3n) is 3.72. The van der Waals surface area contributed by atoms with Gasteiger partial charge in [-0.3, -0.25) is 9.78 Å². The number of ether oxygens (including phenoxy) is 3. The van der Waals surface area contributed by atoms with E-state index in [9.17, 15) is 4.79 Å². The number of nitrogens with one attached hydrogen (secondary N) is 1. The molecule has 134 valence electrons. The smallest absolute Gasteiger partial charge is 0.270 e. The van der Waals surface area contributed by atoms with Crippen molar-refractivity contribution in [1.82, 2.24) is 10.3 Å². The fraction of sp³-hybridized carbons (Fsp3) is 0.368. The van der Waals surface area contributed by atoms with Crippen molar-refractivity contribution in [3.05, 3.63) is 59.4 Å². The summed E-state index contributed by atoms with van der Waals surface area (Å²) in [5.74, 6) is 0.550. The molecule has 0 unspecified atom stereocenters. The van der Waals surface area contributed by atoms with Gasteiger partial charge in [-0.2, -0.15) is 0 Å². The third-order valence-corrected chi connectivity index (χ3v) is 3.72. The van der Waals surface area contributed by atoms with Gasteiger partial charge in [0.15, 0.2) is 6.29 Å². The van der Waals surface area contributed by atoms with Gasteiger partial charge in [-0.05, 0) is 30.2 Å². The quantitative estimate of drug-likeness (QED) is 0.708. The molecule has 1 amide bonds. The number of aromatic nitrogens is 1. The minimum atomic E-state index is -0.476. The molecule has 0 fully saturated rings. The Morgan fingerprint density at radius 1 is 1.16 bits per heavy atom. The average molecular weight is 344 g/mol. The van der Waals surface area contributed by atoms with Gasteiger partial charge >= 0.3 is 0 Å². The number of carbonyl (C=O) groups is 1. The summed E-state index contributed by atoms with van der Waals surface area (Å²) in [6, 6.07) is 11.5. The lowest BCUT2D eigenvalue weighted by molar-refractivity contribution is -0.0974. The van der Waals surface area contributed by atoms with Crippen LogP contribution in [0.5, 0.6) is 5.75 Å². The summed E-state index contributed by atoms with van der Waals surface area (Å²) < 4.78 is 15.8. The van der Waals surface area contributed by atoms with Gasteiger partial charge in [0.1, 0.15) is 18.1 Å². The van der Waals surface area contributed by atoms with Crippen LogP contribution in [0.4, 0.5) is 0 Å². The van der Waals surface area contributed by atoms with Crippen LogP contribution in [0.25, 0.3) is 0 Å². The summed E-state index contributed by atoms with van der Waals surface area (Å²) in [6.45, 7) is 2.76. The molecule has 0 spiro atoms. The van der Waals surface area contributed by atoms with Crippen LogP contribution in [-0.4, -0.2) is 37.9 Å². The molecule has 0 bridgehead atoms. The first-order chi connectivity index (χ1) is 12.2. The van der Waals surface area contributed by atoms with Crippen LogP contribution in [0.2, 0.25) is 0 Å². The van der Waals surface area contributed by atoms with Crippen molar-refractivity contribution in [3.63, 3.8) is 0 Å². The number of pyridine rings is 1. The Morgan fingerprint density at radius 2 is 1.96 bits per heavy atom. The molecular weight excluding hydrogens is 320 g/mol. The standard InChI is InChI=1S/C19H24N2O4/c1-4-14-6-5-7-16(10-14)25-13-15-8-9-17(20-11-15)19(22)21-12-18(23-2)24-3/h5-11,18H,4,12-13H2,1-3H3,(H,21,22). The van der Waals surface area contributed by atoms with Gasteiger partial charge in [-0.15, -0.1) is 0 Å². The molecule has 0 aliphatic rings. The molecule has 0 aliphatic carbocycles. The predicted octanol–water partition coefficient (Wildman–Crippen LogP) is 2.57. The lowest BCUT2D eigenvalue weighted by Gasteiger charge is -2.13. The zero-order chi connectivity index (χ0) is 18.1. The number of aryl methyl sites for hydroxylation is 1. The van der Waals surface area contributed by atoms with E-state index < -0.39 is 6.29 Å². The van der Waals surface area contributed by atoms with E-state index in [1.807, 2.05) is 24.3 Å². The van der Waals surface area contributed by atoms with Crippen molar-refractivity contribution in [3.8, 4) is 5.75 Å². The van der Waals surface area contributed by atoms with Crippen molar-refractivity contribution >= 4 is 5.91 Å². The number of nitrogens with zero attached hydrogens (tertiary/aromatic N) is 1. The van der Waals surface area contributed by atoms with Gasteiger partial charge in [0, 0.05) is 26.0 Å². The van der Waals surface area contributed by atoms with Crippen molar-refractivity contribution in [1.29, 1.82) is 0 Å². The van der Waals surface area contributed by atoms with E-state index in [1.165, 1.54) is 19.8 Å². The second-order valence-electron chi connectivity index (χ2n) is 5.45. The molecular formula is C19H24N2O4. The Kier molecular flexibility index (Phi) is 7.37. The molecule has 1 aromatic carbocycles.